The standard InChI is InChI=1S/C17H19N3O5/c1-17(2,3)25-16(24)19-9-14(22)20(15(19)23)13(10-21)12-6-4-11(8-18)5-7-12/h4-7,13,21H,9-10H2,1-3H3. The first-order valence-corrected chi connectivity index (χ1v) is 7.65. The lowest BCUT2D eigenvalue weighted by Gasteiger charge is -2.26. The molecule has 8 nitrogen and oxygen atoms in total. The molecule has 25 heavy (non-hydrogen) atoms. The number of hydrogen-bond acceptors (Lipinski definition) is 6. The van der Waals surface area contributed by atoms with E-state index in [4.69, 9.17) is 10.00 Å². The Kier molecular flexibility index (Phi) is 5.09. The zero-order chi connectivity index (χ0) is 18.8. The predicted octanol–water partition coefficient (Wildman–Crippen LogP) is 1.79. The van der Waals surface area contributed by atoms with Gasteiger partial charge in [0.25, 0.3) is 5.91 Å². The molecule has 1 aliphatic heterocycles. The van der Waals surface area contributed by atoms with Crippen LogP contribution in [0.5, 0.6) is 0 Å². The van der Waals surface area contributed by atoms with Crippen molar-refractivity contribution < 1.29 is 24.2 Å². The molecule has 0 saturated carbocycles. The van der Waals surface area contributed by atoms with E-state index in [1.54, 1.807) is 32.9 Å². The Morgan fingerprint density at radius 3 is 2.40 bits per heavy atom. The third-order valence-corrected chi connectivity index (χ3v) is 3.52. The molecule has 1 saturated heterocycles. The average molecular weight is 345 g/mol. The molecule has 1 unspecified atom stereocenters. The van der Waals surface area contributed by atoms with Crippen LogP contribution in [-0.2, 0) is 9.53 Å². The first-order chi connectivity index (χ1) is 11.7. The van der Waals surface area contributed by atoms with Gasteiger partial charge in [0.15, 0.2) is 0 Å². The maximum absolute atomic E-state index is 12.5. The molecule has 1 aromatic carbocycles. The fraction of sp³-hybridized carbons (Fsp3) is 0.412. The summed E-state index contributed by atoms with van der Waals surface area (Å²) in [5.41, 5.74) is 0.0845. The number of nitrogens with zero attached hydrogens (tertiary/aromatic N) is 3. The first-order valence-electron chi connectivity index (χ1n) is 7.65. The molecule has 1 atom stereocenters. The molecule has 1 aromatic rings. The zero-order valence-electron chi connectivity index (χ0n) is 14.2. The molecule has 1 heterocycles. The maximum atomic E-state index is 12.5. The Labute approximate surface area is 145 Å². The summed E-state index contributed by atoms with van der Waals surface area (Å²) in [6, 6.07) is 6.32. The number of urea groups is 1. The van der Waals surface area contributed by atoms with Gasteiger partial charge in [-0.2, -0.15) is 5.26 Å². The van der Waals surface area contributed by atoms with Gasteiger partial charge in [0.05, 0.1) is 24.3 Å². The van der Waals surface area contributed by atoms with Crippen molar-refractivity contribution in [1.29, 1.82) is 5.26 Å². The van der Waals surface area contributed by atoms with Crippen LogP contribution < -0.4 is 0 Å². The molecule has 2 rings (SSSR count). The number of nitriles is 1. The third kappa shape index (κ3) is 3.95. The van der Waals surface area contributed by atoms with Crippen LogP contribution in [0.2, 0.25) is 0 Å². The summed E-state index contributed by atoms with van der Waals surface area (Å²) in [5.74, 6) is -0.612. The number of carbonyl (C=O) groups excluding carboxylic acids is 3. The summed E-state index contributed by atoms with van der Waals surface area (Å²) < 4.78 is 5.13. The van der Waals surface area contributed by atoms with Crippen LogP contribution in [0.15, 0.2) is 24.3 Å². The summed E-state index contributed by atoms with van der Waals surface area (Å²) in [6.45, 7) is 4.00. The van der Waals surface area contributed by atoms with Crippen molar-refractivity contribution in [2.24, 2.45) is 0 Å². The van der Waals surface area contributed by atoms with Gasteiger partial charge in [0.2, 0.25) is 0 Å². The maximum Gasteiger partial charge on any atom is 0.419 e. The zero-order valence-corrected chi connectivity index (χ0v) is 14.2. The number of hydrogen-bond donors (Lipinski definition) is 1. The Balaban J connectivity index is 2.25. The van der Waals surface area contributed by atoms with Crippen LogP contribution in [-0.4, -0.2) is 51.7 Å². The van der Waals surface area contributed by atoms with Crippen molar-refractivity contribution in [2.75, 3.05) is 13.2 Å². The van der Waals surface area contributed by atoms with Crippen molar-refractivity contribution in [2.45, 2.75) is 32.4 Å². The van der Waals surface area contributed by atoms with E-state index in [9.17, 15) is 19.5 Å². The molecule has 0 bridgehead atoms. The van der Waals surface area contributed by atoms with Gasteiger partial charge < -0.3 is 9.84 Å². The molecule has 0 radical (unpaired) electrons. The molecule has 1 N–H and O–H groups in total. The predicted molar refractivity (Wildman–Crippen MR) is 86.2 cm³/mol. The lowest BCUT2D eigenvalue weighted by molar-refractivity contribution is -0.127. The molecule has 4 amide bonds. The minimum absolute atomic E-state index is 0.412. The van der Waals surface area contributed by atoms with E-state index >= 15 is 0 Å². The Morgan fingerprint density at radius 2 is 1.92 bits per heavy atom. The van der Waals surface area contributed by atoms with Crippen LogP contribution >= 0.6 is 0 Å². The monoisotopic (exact) mass is 345 g/mol. The van der Waals surface area contributed by atoms with E-state index in [-0.39, 0.29) is 0 Å². The van der Waals surface area contributed by atoms with Gasteiger partial charge in [-0.3, -0.25) is 9.69 Å². The second-order valence-corrected chi connectivity index (χ2v) is 6.54. The van der Waals surface area contributed by atoms with Crippen LogP contribution in [0.25, 0.3) is 0 Å². The highest BCUT2D eigenvalue weighted by Gasteiger charge is 2.45. The molecule has 1 aliphatic rings. The highest BCUT2D eigenvalue weighted by molar-refractivity contribution is 6.09. The van der Waals surface area contributed by atoms with Crippen LogP contribution in [0.3, 0.4) is 0 Å². The summed E-state index contributed by atoms with van der Waals surface area (Å²) in [4.78, 5) is 38.4. The number of aliphatic hydroxyl groups excluding tert-OH is 1. The molecule has 8 heteroatoms. The van der Waals surface area contributed by atoms with E-state index in [0.29, 0.717) is 16.0 Å². The Morgan fingerprint density at radius 1 is 1.32 bits per heavy atom. The van der Waals surface area contributed by atoms with Crippen molar-refractivity contribution >= 4 is 18.0 Å². The fourth-order valence-electron chi connectivity index (χ4n) is 2.40. The number of rotatable bonds is 3. The van der Waals surface area contributed by atoms with E-state index in [0.717, 1.165) is 4.90 Å². The molecule has 0 spiro atoms. The normalized spacial score (nSPS) is 16.0. The molecule has 132 valence electrons. The van der Waals surface area contributed by atoms with Crippen molar-refractivity contribution in [3.05, 3.63) is 35.4 Å². The Hall–Kier alpha value is -2.92. The van der Waals surface area contributed by atoms with Crippen molar-refractivity contribution in [3.8, 4) is 6.07 Å². The average Bonchev–Trinajstić information content (AvgIpc) is 2.83. The summed E-state index contributed by atoms with van der Waals surface area (Å²) >= 11 is 0. The highest BCUT2D eigenvalue weighted by atomic mass is 16.6. The number of carbonyl (C=O) groups is 3. The smallest absolute Gasteiger partial charge is 0.419 e. The minimum atomic E-state index is -0.944. The van der Waals surface area contributed by atoms with Crippen LogP contribution in [0.4, 0.5) is 9.59 Å². The molecule has 1 fully saturated rings. The quantitative estimate of drug-likeness (QED) is 0.836. The molecular weight excluding hydrogens is 326 g/mol. The van der Waals surface area contributed by atoms with E-state index < -0.39 is 42.8 Å². The summed E-state index contributed by atoms with van der Waals surface area (Å²) in [6.07, 6.45) is -0.912. The van der Waals surface area contributed by atoms with Gasteiger partial charge in [-0.15, -0.1) is 0 Å². The van der Waals surface area contributed by atoms with Gasteiger partial charge in [-0.25, -0.2) is 14.5 Å². The van der Waals surface area contributed by atoms with Gasteiger partial charge >= 0.3 is 12.1 Å². The third-order valence-electron chi connectivity index (χ3n) is 3.52. The van der Waals surface area contributed by atoms with Gasteiger partial charge in [-0.05, 0) is 38.5 Å². The largest absolute Gasteiger partial charge is 0.443 e. The fourth-order valence-corrected chi connectivity index (χ4v) is 2.40. The molecule has 0 aromatic heterocycles. The van der Waals surface area contributed by atoms with Gasteiger partial charge in [-0.1, -0.05) is 12.1 Å². The van der Waals surface area contributed by atoms with E-state index in [1.165, 1.54) is 12.1 Å². The van der Waals surface area contributed by atoms with Crippen LogP contribution in [0.1, 0.15) is 37.9 Å². The lowest BCUT2D eigenvalue weighted by atomic mass is 10.0. The number of benzene rings is 1. The number of ether oxygens (including phenoxy) is 1. The topological polar surface area (TPSA) is 111 Å². The summed E-state index contributed by atoms with van der Waals surface area (Å²) in [5, 5.41) is 18.5. The first kappa shape index (κ1) is 18.4. The van der Waals surface area contributed by atoms with E-state index in [1.807, 2.05) is 6.07 Å². The van der Waals surface area contributed by atoms with Crippen LogP contribution in [0, 0.1) is 11.3 Å². The number of aliphatic hydroxyl groups is 1. The van der Waals surface area contributed by atoms with Crippen molar-refractivity contribution in [1.82, 2.24) is 9.80 Å². The SMILES string of the molecule is CC(C)(C)OC(=O)N1CC(=O)N(C(CO)c2ccc(C#N)cc2)C1=O. The Bertz CT molecular complexity index is 730. The summed E-state index contributed by atoms with van der Waals surface area (Å²) in [7, 11) is 0. The molecular formula is C17H19N3O5. The highest BCUT2D eigenvalue weighted by Crippen LogP contribution is 2.27. The number of imide groups is 2. The minimum Gasteiger partial charge on any atom is -0.443 e. The lowest BCUT2D eigenvalue weighted by Crippen LogP contribution is -2.41. The van der Waals surface area contributed by atoms with Gasteiger partial charge in [0, 0.05) is 0 Å². The van der Waals surface area contributed by atoms with Crippen molar-refractivity contribution in [3.63, 3.8) is 0 Å². The second-order valence-electron chi connectivity index (χ2n) is 6.54. The number of amides is 4. The second kappa shape index (κ2) is 6.91. The molecule has 0 aliphatic carbocycles. The van der Waals surface area contributed by atoms with E-state index in [2.05, 4.69) is 0 Å². The van der Waals surface area contributed by atoms with Gasteiger partial charge in [0.1, 0.15) is 12.1 Å².